The third kappa shape index (κ3) is 4.28. The summed E-state index contributed by atoms with van der Waals surface area (Å²) in [4.78, 5) is 0. The summed E-state index contributed by atoms with van der Waals surface area (Å²) in [6, 6.07) is 10.3. The molecule has 0 aromatic heterocycles. The van der Waals surface area contributed by atoms with Crippen LogP contribution in [0.15, 0.2) is 43.0 Å². The minimum absolute atomic E-state index is 0.0858. The van der Waals surface area contributed by atoms with E-state index in [9.17, 15) is 5.11 Å². The average molecular weight is 205 g/mol. The van der Waals surface area contributed by atoms with Gasteiger partial charge in [-0.1, -0.05) is 36.4 Å². The molecule has 2 atom stereocenters. The van der Waals surface area contributed by atoms with Crippen LogP contribution in [0.2, 0.25) is 0 Å². The first-order valence-electron chi connectivity index (χ1n) is 5.30. The molecule has 0 heterocycles. The minimum Gasteiger partial charge on any atom is -0.392 e. The molecule has 0 fully saturated rings. The molecule has 0 radical (unpaired) electrons. The second-order valence-corrected chi connectivity index (χ2v) is 3.74. The predicted molar refractivity (Wildman–Crippen MR) is 63.6 cm³/mol. The SMILES string of the molecule is C=CCC(NCc1ccccc1)C(C)O. The summed E-state index contributed by atoms with van der Waals surface area (Å²) >= 11 is 0. The van der Waals surface area contributed by atoms with Gasteiger partial charge < -0.3 is 10.4 Å². The minimum atomic E-state index is -0.355. The van der Waals surface area contributed by atoms with Crippen LogP contribution < -0.4 is 5.32 Å². The van der Waals surface area contributed by atoms with E-state index in [-0.39, 0.29) is 12.1 Å². The van der Waals surface area contributed by atoms with Crippen molar-refractivity contribution >= 4 is 0 Å². The van der Waals surface area contributed by atoms with Crippen molar-refractivity contribution in [3.63, 3.8) is 0 Å². The number of nitrogens with one attached hydrogen (secondary N) is 1. The summed E-state index contributed by atoms with van der Waals surface area (Å²) in [7, 11) is 0. The number of benzene rings is 1. The van der Waals surface area contributed by atoms with Crippen LogP contribution in [-0.2, 0) is 6.54 Å². The van der Waals surface area contributed by atoms with Crippen molar-refractivity contribution in [2.24, 2.45) is 0 Å². The molecule has 1 aromatic rings. The zero-order valence-corrected chi connectivity index (χ0v) is 9.19. The smallest absolute Gasteiger partial charge is 0.0668 e. The van der Waals surface area contributed by atoms with Gasteiger partial charge in [0.25, 0.3) is 0 Å². The van der Waals surface area contributed by atoms with Crippen molar-refractivity contribution < 1.29 is 5.11 Å². The van der Waals surface area contributed by atoms with Gasteiger partial charge in [-0.25, -0.2) is 0 Å². The Morgan fingerprint density at radius 1 is 1.40 bits per heavy atom. The van der Waals surface area contributed by atoms with E-state index in [2.05, 4.69) is 24.0 Å². The summed E-state index contributed by atoms with van der Waals surface area (Å²) in [6.45, 7) is 6.27. The first-order chi connectivity index (χ1) is 7.24. The van der Waals surface area contributed by atoms with Crippen LogP contribution in [0.5, 0.6) is 0 Å². The number of aliphatic hydroxyl groups excluding tert-OH is 1. The van der Waals surface area contributed by atoms with Crippen molar-refractivity contribution in [2.75, 3.05) is 0 Å². The number of hydrogen-bond acceptors (Lipinski definition) is 2. The molecular weight excluding hydrogens is 186 g/mol. The molecule has 0 aliphatic heterocycles. The van der Waals surface area contributed by atoms with E-state index in [1.807, 2.05) is 24.3 Å². The van der Waals surface area contributed by atoms with Gasteiger partial charge in [0.2, 0.25) is 0 Å². The summed E-state index contributed by atoms with van der Waals surface area (Å²) in [5.41, 5.74) is 1.23. The van der Waals surface area contributed by atoms with Crippen LogP contribution in [0.4, 0.5) is 0 Å². The van der Waals surface area contributed by atoms with Gasteiger partial charge in [-0.05, 0) is 18.9 Å². The van der Waals surface area contributed by atoms with E-state index < -0.39 is 0 Å². The van der Waals surface area contributed by atoms with Crippen LogP contribution in [-0.4, -0.2) is 17.3 Å². The summed E-state index contributed by atoms with van der Waals surface area (Å²) in [6.07, 6.45) is 2.26. The Labute approximate surface area is 91.6 Å². The van der Waals surface area contributed by atoms with Crippen molar-refractivity contribution in [2.45, 2.75) is 32.0 Å². The third-order valence-corrected chi connectivity index (χ3v) is 2.41. The Balaban J connectivity index is 2.43. The number of rotatable bonds is 6. The highest BCUT2D eigenvalue weighted by Crippen LogP contribution is 2.03. The molecule has 0 amide bonds. The molecule has 82 valence electrons. The van der Waals surface area contributed by atoms with Gasteiger partial charge >= 0.3 is 0 Å². The maximum atomic E-state index is 9.51. The van der Waals surface area contributed by atoms with Crippen molar-refractivity contribution in [1.29, 1.82) is 0 Å². The maximum Gasteiger partial charge on any atom is 0.0668 e. The molecule has 1 rings (SSSR count). The highest BCUT2D eigenvalue weighted by Gasteiger charge is 2.11. The molecule has 2 nitrogen and oxygen atoms in total. The lowest BCUT2D eigenvalue weighted by Gasteiger charge is -2.19. The summed E-state index contributed by atoms with van der Waals surface area (Å²) in [5.74, 6) is 0. The first-order valence-corrected chi connectivity index (χ1v) is 5.30. The fraction of sp³-hybridized carbons (Fsp3) is 0.385. The van der Waals surface area contributed by atoms with Gasteiger partial charge in [0.15, 0.2) is 0 Å². The molecule has 15 heavy (non-hydrogen) atoms. The lowest BCUT2D eigenvalue weighted by molar-refractivity contribution is 0.145. The summed E-state index contributed by atoms with van der Waals surface area (Å²) in [5, 5.41) is 12.8. The van der Waals surface area contributed by atoms with Gasteiger partial charge in [0.1, 0.15) is 0 Å². The van der Waals surface area contributed by atoms with Crippen LogP contribution in [0.25, 0.3) is 0 Å². The Hall–Kier alpha value is -1.12. The standard InChI is InChI=1S/C13H19NO/c1-3-7-13(11(2)15)14-10-12-8-5-4-6-9-12/h3-6,8-9,11,13-15H,1,7,10H2,2H3. The second-order valence-electron chi connectivity index (χ2n) is 3.74. The van der Waals surface area contributed by atoms with Gasteiger partial charge in [-0.2, -0.15) is 0 Å². The lowest BCUT2D eigenvalue weighted by atomic mass is 10.1. The fourth-order valence-corrected chi connectivity index (χ4v) is 1.48. The van der Waals surface area contributed by atoms with E-state index in [1.165, 1.54) is 5.56 Å². The van der Waals surface area contributed by atoms with Gasteiger partial charge in [-0.3, -0.25) is 0 Å². The lowest BCUT2D eigenvalue weighted by Crippen LogP contribution is -2.37. The Bertz CT molecular complexity index is 282. The van der Waals surface area contributed by atoms with Crippen molar-refractivity contribution in [1.82, 2.24) is 5.32 Å². The monoisotopic (exact) mass is 205 g/mol. The molecule has 0 aliphatic carbocycles. The fourth-order valence-electron chi connectivity index (χ4n) is 1.48. The zero-order valence-electron chi connectivity index (χ0n) is 9.19. The van der Waals surface area contributed by atoms with E-state index in [1.54, 1.807) is 6.92 Å². The molecule has 2 heteroatoms. The number of aliphatic hydroxyl groups is 1. The average Bonchev–Trinajstić information content (AvgIpc) is 2.25. The van der Waals surface area contributed by atoms with E-state index in [0.29, 0.717) is 0 Å². The Kier molecular flexibility index (Phi) is 5.08. The van der Waals surface area contributed by atoms with Crippen LogP contribution in [0.1, 0.15) is 18.9 Å². The first kappa shape index (κ1) is 12.0. The maximum absolute atomic E-state index is 9.51. The van der Waals surface area contributed by atoms with Gasteiger partial charge in [0.05, 0.1) is 6.10 Å². The number of hydrogen-bond donors (Lipinski definition) is 2. The molecule has 0 aliphatic rings. The quantitative estimate of drug-likeness (QED) is 0.697. The largest absolute Gasteiger partial charge is 0.392 e. The Morgan fingerprint density at radius 3 is 2.60 bits per heavy atom. The third-order valence-electron chi connectivity index (χ3n) is 2.41. The molecule has 0 saturated heterocycles. The topological polar surface area (TPSA) is 32.3 Å². The molecule has 0 saturated carbocycles. The van der Waals surface area contributed by atoms with Crippen LogP contribution in [0, 0.1) is 0 Å². The van der Waals surface area contributed by atoms with Crippen LogP contribution in [0.3, 0.4) is 0 Å². The van der Waals surface area contributed by atoms with Crippen LogP contribution >= 0.6 is 0 Å². The highest BCUT2D eigenvalue weighted by atomic mass is 16.3. The van der Waals surface area contributed by atoms with Gasteiger partial charge in [-0.15, -0.1) is 6.58 Å². The van der Waals surface area contributed by atoms with E-state index in [0.717, 1.165) is 13.0 Å². The zero-order chi connectivity index (χ0) is 11.1. The normalized spacial score (nSPS) is 14.5. The molecule has 1 aromatic carbocycles. The molecule has 0 spiro atoms. The van der Waals surface area contributed by atoms with Gasteiger partial charge in [0, 0.05) is 12.6 Å². The molecular formula is C13H19NO. The molecule has 0 bridgehead atoms. The summed E-state index contributed by atoms with van der Waals surface area (Å²) < 4.78 is 0. The molecule has 2 unspecified atom stereocenters. The highest BCUT2D eigenvalue weighted by molar-refractivity contribution is 5.14. The second kappa shape index (κ2) is 6.38. The predicted octanol–water partition coefficient (Wildman–Crippen LogP) is 2.10. The van der Waals surface area contributed by atoms with E-state index >= 15 is 0 Å². The van der Waals surface area contributed by atoms with Crippen molar-refractivity contribution in [3.8, 4) is 0 Å². The molecule has 2 N–H and O–H groups in total. The van der Waals surface area contributed by atoms with E-state index in [4.69, 9.17) is 0 Å². The van der Waals surface area contributed by atoms with Crippen molar-refractivity contribution in [3.05, 3.63) is 48.6 Å². The Morgan fingerprint density at radius 2 is 2.07 bits per heavy atom.